The highest BCUT2D eigenvalue weighted by atomic mass is 16.5. The summed E-state index contributed by atoms with van der Waals surface area (Å²) in [7, 11) is 0. The molecule has 9 aromatic carbocycles. The van der Waals surface area contributed by atoms with E-state index in [0.717, 1.165) is 100 Å². The quantitative estimate of drug-likeness (QED) is 0.168. The third-order valence-corrected chi connectivity index (χ3v) is 12.3. The predicted octanol–water partition coefficient (Wildman–Crippen LogP) is 13.0. The largest absolute Gasteiger partial charge is 0.551 e. The Morgan fingerprint density at radius 3 is 1.80 bits per heavy atom. The number of benzene rings is 9. The van der Waals surface area contributed by atoms with Gasteiger partial charge in [0.25, 0.3) is 0 Å². The fraction of sp³-hybridized carbons (Fsp3) is 0. The Labute approximate surface area is 340 Å². The summed E-state index contributed by atoms with van der Waals surface area (Å²) in [5.74, 6) is 2.47. The molecule has 2 aliphatic heterocycles. The van der Waals surface area contributed by atoms with Crippen molar-refractivity contribution in [1.82, 2.24) is 4.57 Å². The standard InChI is InChI=1S/C54H32BNO3/c1-2-14-37(36(13-1)34-25-27-43-41-18-6-11-23-49(41)57-52(43)31-34)35-29-44-42-19-7-12-24-50(42)59-55-45-30-33(26-28-51(45)58-53(32-35)54(44)55)38-15-3-8-20-46(38)56-47-21-9-4-16-39(47)40-17-5-10-22-48(40)56/h1-32H. The summed E-state index contributed by atoms with van der Waals surface area (Å²) >= 11 is 0. The van der Waals surface area contributed by atoms with Crippen LogP contribution in [0.25, 0.3) is 93.9 Å². The first-order chi connectivity index (χ1) is 29.2. The zero-order chi connectivity index (χ0) is 38.6. The summed E-state index contributed by atoms with van der Waals surface area (Å²) in [6.45, 7) is -0.348. The molecule has 0 radical (unpaired) electrons. The zero-order valence-corrected chi connectivity index (χ0v) is 31.7. The molecule has 13 rings (SSSR count). The number of para-hydroxylation sites is 5. The van der Waals surface area contributed by atoms with Gasteiger partial charge in [-0.2, -0.15) is 0 Å². The summed E-state index contributed by atoms with van der Waals surface area (Å²) in [6.07, 6.45) is 0. The first kappa shape index (κ1) is 32.3. The third-order valence-electron chi connectivity index (χ3n) is 12.3. The van der Waals surface area contributed by atoms with E-state index < -0.39 is 0 Å². The molecule has 5 heteroatoms. The van der Waals surface area contributed by atoms with E-state index in [-0.39, 0.29) is 6.92 Å². The molecule has 0 unspecified atom stereocenters. The molecule has 0 saturated heterocycles. The minimum absolute atomic E-state index is 0.348. The second-order valence-corrected chi connectivity index (χ2v) is 15.5. The second kappa shape index (κ2) is 12.4. The van der Waals surface area contributed by atoms with Crippen LogP contribution in [0.3, 0.4) is 0 Å². The van der Waals surface area contributed by atoms with Crippen molar-refractivity contribution in [3.05, 3.63) is 194 Å². The van der Waals surface area contributed by atoms with Crippen LogP contribution >= 0.6 is 0 Å². The Balaban J connectivity index is 0.956. The van der Waals surface area contributed by atoms with E-state index in [9.17, 15) is 0 Å². The maximum absolute atomic E-state index is 6.98. The summed E-state index contributed by atoms with van der Waals surface area (Å²) in [5, 5.41) is 4.73. The van der Waals surface area contributed by atoms with Crippen molar-refractivity contribution in [2.45, 2.75) is 0 Å². The molecule has 0 atom stereocenters. The molecular formula is C54H32BNO3. The number of ether oxygens (including phenoxy) is 1. The normalized spacial score (nSPS) is 12.6. The first-order valence-corrected chi connectivity index (χ1v) is 20.1. The Hall–Kier alpha value is -7.76. The van der Waals surface area contributed by atoms with E-state index in [1.807, 2.05) is 12.1 Å². The van der Waals surface area contributed by atoms with Gasteiger partial charge in [0.15, 0.2) is 0 Å². The van der Waals surface area contributed by atoms with Crippen LogP contribution in [0.15, 0.2) is 199 Å². The molecule has 0 fully saturated rings. The third kappa shape index (κ3) is 4.79. The number of fused-ring (bicyclic) bond motifs is 10. The van der Waals surface area contributed by atoms with Crippen molar-refractivity contribution >= 4 is 61.6 Å². The summed E-state index contributed by atoms with van der Waals surface area (Å²) in [5.41, 5.74) is 16.2. The number of aromatic nitrogens is 1. The summed E-state index contributed by atoms with van der Waals surface area (Å²) in [6, 6.07) is 68.8. The average molecular weight is 754 g/mol. The van der Waals surface area contributed by atoms with Crippen LogP contribution in [-0.2, 0) is 0 Å². The van der Waals surface area contributed by atoms with Crippen molar-refractivity contribution in [3.8, 4) is 67.4 Å². The van der Waals surface area contributed by atoms with Crippen LogP contribution in [0.1, 0.15) is 0 Å². The van der Waals surface area contributed by atoms with Gasteiger partial charge in [-0.05, 0) is 94.0 Å². The fourth-order valence-corrected chi connectivity index (χ4v) is 9.66. The van der Waals surface area contributed by atoms with Gasteiger partial charge in [-0.1, -0.05) is 133 Å². The maximum atomic E-state index is 6.98. The van der Waals surface area contributed by atoms with Crippen LogP contribution in [-0.4, -0.2) is 11.5 Å². The smallest absolute Gasteiger partial charge is 0.434 e. The van der Waals surface area contributed by atoms with Crippen molar-refractivity contribution in [3.63, 3.8) is 0 Å². The summed E-state index contributed by atoms with van der Waals surface area (Å²) < 4.78 is 22.6. The SMILES string of the molecule is c1ccc2c(c1)OB1c3cc(-c4ccccc4-n4c5ccccc5c5ccccc54)ccc3Oc3cc(-c4ccccc4-c4ccc5c(c4)oc4ccccc45)cc-2c31. The number of rotatable bonds is 4. The topological polar surface area (TPSA) is 36.5 Å². The monoisotopic (exact) mass is 753 g/mol. The molecule has 4 heterocycles. The Morgan fingerprint density at radius 1 is 0.373 bits per heavy atom. The number of nitrogens with zero attached hydrogens (tertiary/aromatic N) is 1. The van der Waals surface area contributed by atoms with Crippen molar-refractivity contribution in [2.75, 3.05) is 0 Å². The minimum Gasteiger partial charge on any atom is -0.551 e. The highest BCUT2D eigenvalue weighted by Gasteiger charge is 2.41. The lowest BCUT2D eigenvalue weighted by molar-refractivity contribution is 0.479. The Kier molecular flexibility index (Phi) is 6.78. The molecule has 2 aliphatic rings. The van der Waals surface area contributed by atoms with Crippen LogP contribution in [0, 0.1) is 0 Å². The van der Waals surface area contributed by atoms with Gasteiger partial charge in [-0.3, -0.25) is 0 Å². The van der Waals surface area contributed by atoms with Crippen molar-refractivity contribution in [1.29, 1.82) is 0 Å². The van der Waals surface area contributed by atoms with E-state index in [2.05, 4.69) is 187 Å². The molecule has 0 amide bonds. The number of hydrogen-bond donors (Lipinski definition) is 0. The molecule has 274 valence electrons. The molecule has 0 saturated carbocycles. The molecule has 4 nitrogen and oxygen atoms in total. The summed E-state index contributed by atoms with van der Waals surface area (Å²) in [4.78, 5) is 0. The molecular weight excluding hydrogens is 721 g/mol. The molecule has 59 heavy (non-hydrogen) atoms. The molecule has 0 aliphatic carbocycles. The Bertz CT molecular complexity index is 3490. The van der Waals surface area contributed by atoms with Gasteiger partial charge in [0.2, 0.25) is 0 Å². The molecule has 0 spiro atoms. The van der Waals surface area contributed by atoms with Crippen LogP contribution < -0.4 is 20.3 Å². The highest BCUT2D eigenvalue weighted by molar-refractivity contribution is 6.84. The van der Waals surface area contributed by atoms with E-state index >= 15 is 0 Å². The van der Waals surface area contributed by atoms with Gasteiger partial charge in [-0.15, -0.1) is 0 Å². The molecule has 0 bridgehead atoms. The van der Waals surface area contributed by atoms with Crippen LogP contribution in [0.5, 0.6) is 17.2 Å². The van der Waals surface area contributed by atoms with E-state index in [1.165, 1.54) is 21.8 Å². The van der Waals surface area contributed by atoms with E-state index in [0.29, 0.717) is 0 Å². The number of furan rings is 1. The van der Waals surface area contributed by atoms with Crippen molar-refractivity contribution in [2.24, 2.45) is 0 Å². The van der Waals surface area contributed by atoms with E-state index in [4.69, 9.17) is 13.8 Å². The lowest BCUT2D eigenvalue weighted by Gasteiger charge is -2.33. The predicted molar refractivity (Wildman–Crippen MR) is 242 cm³/mol. The fourth-order valence-electron chi connectivity index (χ4n) is 9.66. The molecule has 11 aromatic rings. The first-order valence-electron chi connectivity index (χ1n) is 20.1. The zero-order valence-electron chi connectivity index (χ0n) is 31.7. The van der Waals surface area contributed by atoms with Gasteiger partial charge < -0.3 is 18.4 Å². The second-order valence-electron chi connectivity index (χ2n) is 15.5. The van der Waals surface area contributed by atoms with E-state index in [1.54, 1.807) is 0 Å². The van der Waals surface area contributed by atoms with Crippen LogP contribution in [0.2, 0.25) is 0 Å². The number of hydrogen-bond acceptors (Lipinski definition) is 3. The Morgan fingerprint density at radius 2 is 0.983 bits per heavy atom. The van der Waals surface area contributed by atoms with Gasteiger partial charge in [-0.25, -0.2) is 0 Å². The average Bonchev–Trinajstić information content (AvgIpc) is 3.84. The molecule has 2 aromatic heterocycles. The highest BCUT2D eigenvalue weighted by Crippen LogP contribution is 2.45. The lowest BCUT2D eigenvalue weighted by Crippen LogP contribution is -2.53. The molecule has 0 N–H and O–H groups in total. The lowest BCUT2D eigenvalue weighted by atomic mass is 9.50. The van der Waals surface area contributed by atoms with Crippen LogP contribution in [0.4, 0.5) is 0 Å². The van der Waals surface area contributed by atoms with Gasteiger partial charge in [0, 0.05) is 43.6 Å². The minimum atomic E-state index is -0.348. The van der Waals surface area contributed by atoms with Gasteiger partial charge in [0.05, 0.1) is 16.7 Å². The van der Waals surface area contributed by atoms with Crippen molar-refractivity contribution < 1.29 is 13.8 Å². The van der Waals surface area contributed by atoms with Gasteiger partial charge in [0.1, 0.15) is 28.4 Å². The maximum Gasteiger partial charge on any atom is 0.434 e. The van der Waals surface area contributed by atoms with Gasteiger partial charge >= 0.3 is 6.92 Å².